The van der Waals surface area contributed by atoms with Crippen molar-refractivity contribution < 1.29 is 24.2 Å². The van der Waals surface area contributed by atoms with Gasteiger partial charge in [0.1, 0.15) is 12.6 Å². The second-order valence-corrected chi connectivity index (χ2v) is 8.76. The van der Waals surface area contributed by atoms with Crippen molar-refractivity contribution in [1.82, 2.24) is 10.6 Å². The molecule has 7 nitrogen and oxygen atoms in total. The molecule has 0 spiro atoms. The second-order valence-electron chi connectivity index (χ2n) is 8.76. The fraction of sp³-hybridized carbons (Fsp3) is 0.250. The highest BCUT2D eigenvalue weighted by molar-refractivity contribution is 5.87. The number of carboxylic acids is 1. The number of carbonyl (C=O) groups is 3. The first-order valence-electron chi connectivity index (χ1n) is 11.6. The minimum Gasteiger partial charge on any atom is -0.481 e. The first-order valence-corrected chi connectivity index (χ1v) is 11.6. The average Bonchev–Trinajstić information content (AvgIpc) is 3.18. The Labute approximate surface area is 204 Å². The van der Waals surface area contributed by atoms with E-state index in [0.29, 0.717) is 5.56 Å². The molecule has 0 saturated carbocycles. The van der Waals surface area contributed by atoms with Crippen LogP contribution in [0.4, 0.5) is 4.79 Å². The first kappa shape index (κ1) is 24.0. The molecule has 0 saturated heterocycles. The summed E-state index contributed by atoms with van der Waals surface area (Å²) in [6, 6.07) is 24.0. The summed E-state index contributed by atoms with van der Waals surface area (Å²) < 4.78 is 5.61. The molecule has 0 heterocycles. The summed E-state index contributed by atoms with van der Waals surface area (Å²) in [5, 5.41) is 14.4. The van der Waals surface area contributed by atoms with Crippen molar-refractivity contribution in [3.05, 3.63) is 95.6 Å². The molecule has 3 N–H and O–H groups in total. The Hall–Kier alpha value is -4.13. The van der Waals surface area contributed by atoms with Gasteiger partial charge in [-0.1, -0.05) is 85.8 Å². The van der Waals surface area contributed by atoms with Crippen LogP contribution in [0.5, 0.6) is 0 Å². The van der Waals surface area contributed by atoms with Gasteiger partial charge >= 0.3 is 12.1 Å². The third-order valence-corrected chi connectivity index (χ3v) is 6.15. The van der Waals surface area contributed by atoms with Crippen LogP contribution in [0, 0.1) is 5.92 Å². The van der Waals surface area contributed by atoms with Crippen molar-refractivity contribution in [3.63, 3.8) is 0 Å². The van der Waals surface area contributed by atoms with Gasteiger partial charge < -0.3 is 20.5 Å². The smallest absolute Gasteiger partial charge is 0.408 e. The minimum absolute atomic E-state index is 0.0594. The van der Waals surface area contributed by atoms with Crippen LogP contribution in [0.25, 0.3) is 11.1 Å². The molecule has 2 amide bonds. The zero-order valence-corrected chi connectivity index (χ0v) is 19.4. The van der Waals surface area contributed by atoms with E-state index in [-0.39, 0.29) is 31.4 Å². The maximum atomic E-state index is 12.9. The Kier molecular flexibility index (Phi) is 7.45. The van der Waals surface area contributed by atoms with E-state index in [1.807, 2.05) is 42.5 Å². The number of fused-ring (bicyclic) bond motifs is 3. The zero-order chi connectivity index (χ0) is 24.8. The van der Waals surface area contributed by atoms with Gasteiger partial charge in [0.05, 0.1) is 0 Å². The Bertz CT molecular complexity index is 1170. The van der Waals surface area contributed by atoms with Crippen molar-refractivity contribution in [1.29, 1.82) is 0 Å². The number of carboxylic acid groups (broad SMARTS) is 1. The maximum Gasteiger partial charge on any atom is 0.408 e. The summed E-state index contributed by atoms with van der Waals surface area (Å²) in [7, 11) is 0. The maximum absolute atomic E-state index is 12.9. The lowest BCUT2D eigenvalue weighted by Crippen LogP contribution is -2.42. The van der Waals surface area contributed by atoms with E-state index in [0.717, 1.165) is 22.3 Å². The third kappa shape index (κ3) is 5.69. The number of aliphatic carboxylic acids is 1. The molecular formula is C28H28N2O5. The molecule has 1 aliphatic carbocycles. The molecule has 3 aromatic carbocycles. The topological polar surface area (TPSA) is 105 Å². The molecule has 180 valence electrons. The van der Waals surface area contributed by atoms with Gasteiger partial charge in [0.25, 0.3) is 0 Å². The number of hydrogen-bond acceptors (Lipinski definition) is 4. The SMILES string of the molecule is CC(CNC(=O)[C@H](NC(=O)OCC1c2ccccc2-c2ccccc21)c1ccccc1)CC(=O)O. The molecule has 4 rings (SSSR count). The van der Waals surface area contributed by atoms with E-state index in [9.17, 15) is 14.4 Å². The highest BCUT2D eigenvalue weighted by Gasteiger charge is 2.30. The predicted molar refractivity (Wildman–Crippen MR) is 132 cm³/mol. The highest BCUT2D eigenvalue weighted by Crippen LogP contribution is 2.44. The molecule has 1 aliphatic rings. The van der Waals surface area contributed by atoms with E-state index >= 15 is 0 Å². The zero-order valence-electron chi connectivity index (χ0n) is 19.4. The number of amides is 2. The van der Waals surface area contributed by atoms with Gasteiger partial charge in [-0.2, -0.15) is 0 Å². The number of alkyl carbamates (subject to hydrolysis) is 1. The van der Waals surface area contributed by atoms with E-state index in [2.05, 4.69) is 22.8 Å². The van der Waals surface area contributed by atoms with Crippen LogP contribution in [-0.2, 0) is 14.3 Å². The summed E-state index contributed by atoms with van der Waals surface area (Å²) in [5.41, 5.74) is 5.07. The van der Waals surface area contributed by atoms with Gasteiger partial charge in [-0.05, 0) is 33.7 Å². The molecular weight excluding hydrogens is 444 g/mol. The molecule has 0 aliphatic heterocycles. The van der Waals surface area contributed by atoms with Gasteiger partial charge in [-0.25, -0.2) is 4.79 Å². The van der Waals surface area contributed by atoms with Crippen molar-refractivity contribution in [2.75, 3.05) is 13.2 Å². The van der Waals surface area contributed by atoms with Gasteiger partial charge in [-0.3, -0.25) is 9.59 Å². The summed E-state index contributed by atoms with van der Waals surface area (Å²) in [4.78, 5) is 36.6. The van der Waals surface area contributed by atoms with Crippen molar-refractivity contribution in [3.8, 4) is 11.1 Å². The van der Waals surface area contributed by atoms with Crippen LogP contribution >= 0.6 is 0 Å². The number of nitrogens with one attached hydrogen (secondary N) is 2. The van der Waals surface area contributed by atoms with Crippen molar-refractivity contribution in [2.45, 2.75) is 25.3 Å². The van der Waals surface area contributed by atoms with Crippen molar-refractivity contribution >= 4 is 18.0 Å². The summed E-state index contributed by atoms with van der Waals surface area (Å²) in [5.74, 6) is -1.69. The number of rotatable bonds is 9. The molecule has 0 aromatic heterocycles. The van der Waals surface area contributed by atoms with Gasteiger partial charge in [0.2, 0.25) is 5.91 Å². The quantitative estimate of drug-likeness (QED) is 0.426. The standard InChI is InChI=1S/C28H28N2O5/c1-18(15-25(31)32)16-29-27(33)26(19-9-3-2-4-10-19)30-28(34)35-17-24-22-13-7-5-11-20(22)21-12-6-8-14-23(21)24/h2-14,18,24,26H,15-17H2,1H3,(H,29,33)(H,30,34)(H,31,32)/t18?,26-/m1/s1. The molecule has 35 heavy (non-hydrogen) atoms. The lowest BCUT2D eigenvalue weighted by atomic mass is 9.98. The Morgan fingerprint density at radius 1 is 0.886 bits per heavy atom. The monoisotopic (exact) mass is 472 g/mol. The Balaban J connectivity index is 1.43. The van der Waals surface area contributed by atoms with Crippen LogP contribution in [0.2, 0.25) is 0 Å². The van der Waals surface area contributed by atoms with Crippen LogP contribution in [0.1, 0.15) is 42.0 Å². The van der Waals surface area contributed by atoms with E-state index in [1.165, 1.54) is 0 Å². The predicted octanol–water partition coefficient (Wildman–Crippen LogP) is 4.49. The van der Waals surface area contributed by atoms with Crippen molar-refractivity contribution in [2.24, 2.45) is 5.92 Å². The molecule has 1 unspecified atom stereocenters. The largest absolute Gasteiger partial charge is 0.481 e. The third-order valence-electron chi connectivity index (χ3n) is 6.15. The van der Waals surface area contributed by atoms with Crippen LogP contribution < -0.4 is 10.6 Å². The molecule has 7 heteroatoms. The number of hydrogen-bond donors (Lipinski definition) is 3. The molecule has 3 aromatic rings. The van der Waals surface area contributed by atoms with Crippen LogP contribution in [0.15, 0.2) is 78.9 Å². The average molecular weight is 473 g/mol. The van der Waals surface area contributed by atoms with E-state index in [4.69, 9.17) is 9.84 Å². The van der Waals surface area contributed by atoms with Gasteiger partial charge in [0.15, 0.2) is 0 Å². The molecule has 2 atom stereocenters. The van der Waals surface area contributed by atoms with E-state index < -0.39 is 24.0 Å². The summed E-state index contributed by atoms with van der Waals surface area (Å²) >= 11 is 0. The number of benzene rings is 3. The lowest BCUT2D eigenvalue weighted by molar-refractivity contribution is -0.138. The van der Waals surface area contributed by atoms with Gasteiger partial charge in [0, 0.05) is 18.9 Å². The van der Waals surface area contributed by atoms with E-state index in [1.54, 1.807) is 31.2 Å². The number of carbonyl (C=O) groups excluding carboxylic acids is 2. The summed E-state index contributed by atoms with van der Waals surface area (Å²) in [6.07, 6.45) is -0.759. The van der Waals surface area contributed by atoms with Crippen LogP contribution in [-0.4, -0.2) is 36.2 Å². The Morgan fingerprint density at radius 2 is 1.46 bits per heavy atom. The Morgan fingerprint density at radius 3 is 2.06 bits per heavy atom. The summed E-state index contributed by atoms with van der Waals surface area (Å²) in [6.45, 7) is 2.06. The van der Waals surface area contributed by atoms with Crippen LogP contribution in [0.3, 0.4) is 0 Å². The normalized spacial score (nSPS) is 13.7. The van der Waals surface area contributed by atoms with Gasteiger partial charge in [-0.15, -0.1) is 0 Å². The number of ether oxygens (including phenoxy) is 1. The first-order chi connectivity index (χ1) is 16.9. The fourth-order valence-electron chi connectivity index (χ4n) is 4.45. The molecule has 0 fully saturated rings. The second kappa shape index (κ2) is 10.9. The highest BCUT2D eigenvalue weighted by atomic mass is 16.5. The molecule has 0 radical (unpaired) electrons. The fourth-order valence-corrected chi connectivity index (χ4v) is 4.45. The lowest BCUT2D eigenvalue weighted by Gasteiger charge is -2.21. The minimum atomic E-state index is -0.969. The molecule has 0 bridgehead atoms.